The molecule has 0 unspecified atom stereocenters. The van der Waals surface area contributed by atoms with Gasteiger partial charge in [-0.2, -0.15) is 0 Å². The molecule has 1 aromatic heterocycles. The fourth-order valence-corrected chi connectivity index (χ4v) is 2.57. The van der Waals surface area contributed by atoms with Crippen molar-refractivity contribution in [1.82, 2.24) is 9.78 Å². The second kappa shape index (κ2) is 5.76. The summed E-state index contributed by atoms with van der Waals surface area (Å²) in [5, 5.41) is 27.1. The molecule has 9 heteroatoms. The molecule has 1 aliphatic rings. The topological polar surface area (TPSA) is 110 Å². The first-order valence-electron chi connectivity index (χ1n) is 6.27. The third kappa shape index (κ3) is 2.75. The van der Waals surface area contributed by atoms with Crippen molar-refractivity contribution in [2.45, 2.75) is 37.8 Å². The third-order valence-corrected chi connectivity index (χ3v) is 3.75. The first-order valence-corrected chi connectivity index (χ1v) is 6.65. The van der Waals surface area contributed by atoms with E-state index in [4.69, 9.17) is 11.6 Å². The Morgan fingerprint density at radius 1 is 1.50 bits per heavy atom. The minimum Gasteiger partial charge on any atom is -0.391 e. The highest BCUT2D eigenvalue weighted by Crippen LogP contribution is 2.30. The first kappa shape index (κ1) is 14.7. The Kier molecular flexibility index (Phi) is 4.24. The molecule has 0 radical (unpaired) electrons. The highest BCUT2D eigenvalue weighted by Gasteiger charge is 2.30. The summed E-state index contributed by atoms with van der Waals surface area (Å²) >= 11 is 5.89. The van der Waals surface area contributed by atoms with Gasteiger partial charge in [0.25, 0.3) is 0 Å². The van der Waals surface area contributed by atoms with Crippen molar-refractivity contribution in [2.75, 3.05) is 5.32 Å². The molecule has 1 aliphatic carbocycles. The van der Waals surface area contributed by atoms with Crippen LogP contribution in [0.4, 0.5) is 11.5 Å². The number of nitro groups is 1. The molecule has 0 aliphatic heterocycles. The summed E-state index contributed by atoms with van der Waals surface area (Å²) in [5.74, 6) is -0.519. The van der Waals surface area contributed by atoms with Gasteiger partial charge in [0.1, 0.15) is 5.02 Å². The van der Waals surface area contributed by atoms with Gasteiger partial charge in [0, 0.05) is 0 Å². The van der Waals surface area contributed by atoms with Gasteiger partial charge in [-0.15, -0.1) is 4.68 Å². The van der Waals surface area contributed by atoms with Crippen LogP contribution < -0.4 is 10.9 Å². The van der Waals surface area contributed by atoms with Crippen LogP contribution in [0.2, 0.25) is 5.02 Å². The van der Waals surface area contributed by atoms with Crippen LogP contribution in [0, 0.1) is 10.1 Å². The van der Waals surface area contributed by atoms with Crippen molar-refractivity contribution < 1.29 is 10.0 Å². The van der Waals surface area contributed by atoms with Gasteiger partial charge in [-0.25, -0.2) is 0 Å². The second-order valence-electron chi connectivity index (χ2n) is 4.80. The van der Waals surface area contributed by atoms with Crippen LogP contribution >= 0.6 is 11.6 Å². The first-order chi connectivity index (χ1) is 9.41. The van der Waals surface area contributed by atoms with E-state index in [1.807, 2.05) is 0 Å². The zero-order valence-corrected chi connectivity index (χ0v) is 11.6. The van der Waals surface area contributed by atoms with Gasteiger partial charge in [-0.3, -0.25) is 4.79 Å². The molecule has 1 heterocycles. The molecule has 20 heavy (non-hydrogen) atoms. The highest BCUT2D eigenvalue weighted by molar-refractivity contribution is 6.33. The lowest BCUT2D eigenvalue weighted by atomic mass is 9.92. The van der Waals surface area contributed by atoms with E-state index in [1.54, 1.807) is 0 Å². The molecular formula is C11H15ClN4O4. The van der Waals surface area contributed by atoms with Crippen molar-refractivity contribution in [3.63, 3.8) is 0 Å². The molecule has 1 aromatic rings. The summed E-state index contributed by atoms with van der Waals surface area (Å²) in [6, 6.07) is -0.367. The second-order valence-corrected chi connectivity index (χ2v) is 5.18. The standard InChI is InChI=1S/C11H15ClN4O4/c1-15-11(18)8(12)9(10(14-15)16(19)20)13-6-4-2-3-5-7(6)17/h6-7,13,17H,2-5H2,1H3/t6-,7-/m0/s1. The van der Waals surface area contributed by atoms with Crippen molar-refractivity contribution in [1.29, 1.82) is 0 Å². The Balaban J connectivity index is 2.41. The number of aliphatic hydroxyl groups is 1. The molecule has 2 rings (SSSR count). The Hall–Kier alpha value is -1.67. The van der Waals surface area contributed by atoms with Gasteiger partial charge < -0.3 is 20.5 Å². The minimum absolute atomic E-state index is 0.120. The number of hydrogen-bond donors (Lipinski definition) is 2. The predicted molar refractivity (Wildman–Crippen MR) is 73.0 cm³/mol. The molecule has 0 spiro atoms. The lowest BCUT2D eigenvalue weighted by Crippen LogP contribution is -2.37. The summed E-state index contributed by atoms with van der Waals surface area (Å²) in [6.45, 7) is 0. The summed E-state index contributed by atoms with van der Waals surface area (Å²) in [7, 11) is 1.29. The monoisotopic (exact) mass is 302 g/mol. The van der Waals surface area contributed by atoms with E-state index in [0.717, 1.165) is 17.5 Å². The van der Waals surface area contributed by atoms with Crippen LogP contribution in [0.5, 0.6) is 0 Å². The molecule has 0 saturated heterocycles. The van der Waals surface area contributed by atoms with Gasteiger partial charge in [-0.05, 0) is 17.8 Å². The average molecular weight is 303 g/mol. The molecule has 2 atom stereocenters. The number of aliphatic hydroxyl groups excluding tert-OH is 1. The van der Waals surface area contributed by atoms with Crippen LogP contribution in [-0.4, -0.2) is 32.0 Å². The van der Waals surface area contributed by atoms with Crippen molar-refractivity contribution in [3.05, 3.63) is 25.5 Å². The number of aromatic nitrogens is 2. The van der Waals surface area contributed by atoms with Crippen molar-refractivity contribution in [2.24, 2.45) is 7.05 Å². The Labute approximate surface area is 119 Å². The van der Waals surface area contributed by atoms with Crippen LogP contribution in [0.1, 0.15) is 25.7 Å². The number of anilines is 1. The summed E-state index contributed by atoms with van der Waals surface area (Å²) in [6.07, 6.45) is 2.46. The Morgan fingerprint density at radius 2 is 2.15 bits per heavy atom. The van der Waals surface area contributed by atoms with Gasteiger partial charge in [0.2, 0.25) is 0 Å². The average Bonchev–Trinajstić information content (AvgIpc) is 2.41. The number of nitrogens with one attached hydrogen (secondary N) is 1. The zero-order valence-electron chi connectivity index (χ0n) is 10.9. The molecular weight excluding hydrogens is 288 g/mol. The molecule has 1 saturated carbocycles. The van der Waals surface area contributed by atoms with Gasteiger partial charge in [0.15, 0.2) is 5.69 Å². The number of rotatable bonds is 3. The van der Waals surface area contributed by atoms with E-state index >= 15 is 0 Å². The van der Waals surface area contributed by atoms with E-state index in [9.17, 15) is 20.0 Å². The van der Waals surface area contributed by atoms with E-state index in [-0.39, 0.29) is 16.8 Å². The van der Waals surface area contributed by atoms with Crippen LogP contribution in [0.15, 0.2) is 4.79 Å². The largest absolute Gasteiger partial charge is 0.413 e. The molecule has 8 nitrogen and oxygen atoms in total. The zero-order chi connectivity index (χ0) is 14.9. The van der Waals surface area contributed by atoms with Crippen molar-refractivity contribution >= 4 is 23.1 Å². The number of hydrogen-bond acceptors (Lipinski definition) is 6. The van der Waals surface area contributed by atoms with Crippen LogP contribution in [0.3, 0.4) is 0 Å². The molecule has 0 aromatic carbocycles. The minimum atomic E-state index is -0.705. The normalized spacial score (nSPS) is 22.6. The van der Waals surface area contributed by atoms with E-state index < -0.39 is 22.4 Å². The summed E-state index contributed by atoms with van der Waals surface area (Å²) in [5.41, 5.74) is -0.740. The summed E-state index contributed by atoms with van der Waals surface area (Å²) < 4.78 is 0.822. The summed E-state index contributed by atoms with van der Waals surface area (Å²) in [4.78, 5) is 22.1. The van der Waals surface area contributed by atoms with Gasteiger partial charge >= 0.3 is 11.4 Å². The molecule has 110 valence electrons. The molecule has 0 amide bonds. The number of nitrogens with zero attached hydrogens (tertiary/aromatic N) is 3. The van der Waals surface area contributed by atoms with Crippen molar-refractivity contribution in [3.8, 4) is 0 Å². The smallest absolute Gasteiger partial charge is 0.391 e. The maximum Gasteiger partial charge on any atom is 0.413 e. The molecule has 1 fully saturated rings. The van der Waals surface area contributed by atoms with E-state index in [0.29, 0.717) is 12.8 Å². The quantitative estimate of drug-likeness (QED) is 0.638. The highest BCUT2D eigenvalue weighted by atomic mass is 35.5. The molecule has 0 bridgehead atoms. The maximum absolute atomic E-state index is 11.7. The van der Waals surface area contributed by atoms with Crippen LogP contribution in [0.25, 0.3) is 0 Å². The maximum atomic E-state index is 11.7. The Bertz CT molecular complexity index is 589. The third-order valence-electron chi connectivity index (χ3n) is 3.40. The van der Waals surface area contributed by atoms with Gasteiger partial charge in [0.05, 0.1) is 24.3 Å². The SMILES string of the molecule is Cn1nc([N+](=O)[O-])c(N[C@H]2CCCC[C@@H]2O)c(Cl)c1=O. The lowest BCUT2D eigenvalue weighted by Gasteiger charge is -2.29. The Morgan fingerprint density at radius 3 is 2.75 bits per heavy atom. The lowest BCUT2D eigenvalue weighted by molar-refractivity contribution is -0.389. The molecule has 2 N–H and O–H groups in total. The fraction of sp³-hybridized carbons (Fsp3) is 0.636. The van der Waals surface area contributed by atoms with E-state index in [2.05, 4.69) is 10.4 Å². The number of aryl methyl sites for hydroxylation is 1. The van der Waals surface area contributed by atoms with E-state index in [1.165, 1.54) is 7.05 Å². The van der Waals surface area contributed by atoms with Gasteiger partial charge in [-0.1, -0.05) is 24.4 Å². The fourth-order valence-electron chi connectivity index (χ4n) is 2.31. The number of halogens is 1. The predicted octanol–water partition coefficient (Wildman–Crippen LogP) is 1.06. The van der Waals surface area contributed by atoms with Crippen LogP contribution in [-0.2, 0) is 7.05 Å².